The summed E-state index contributed by atoms with van der Waals surface area (Å²) in [5, 5.41) is 153. The molecule has 272 valence electrons. The zero-order valence-electron chi connectivity index (χ0n) is 24.0. The first-order valence-corrected chi connectivity index (χ1v) is 14.1. The number of rotatable bonds is 9. The quantitative estimate of drug-likeness (QED) is 0.107. The summed E-state index contributed by atoms with van der Waals surface area (Å²) < 4.78 is 30.8. The SMILES string of the molecule is OC[C@H]1O[C@@](CO)(O[C@H]2O[C@H](CO)[C@@H](O)[C@H](O)[C@H]2O)[C@@H](O)[C@@H]1O.OC[C@H]1O[C@H](O[C@H]2O[C@H](CO)[C@@H](O)[C@H](O)[C@H]2O)[C@H](O)[C@@H](O)[C@@H]1O. The van der Waals surface area contributed by atoms with Gasteiger partial charge >= 0.3 is 0 Å². The Kier molecular flexibility index (Phi) is 14.3. The highest BCUT2D eigenvalue weighted by atomic mass is 16.8. The van der Waals surface area contributed by atoms with Crippen LogP contribution in [0.15, 0.2) is 0 Å². The molecule has 0 aromatic heterocycles. The van der Waals surface area contributed by atoms with Gasteiger partial charge in [0.15, 0.2) is 18.9 Å². The maximum Gasteiger partial charge on any atom is 0.224 e. The Labute approximate surface area is 260 Å². The van der Waals surface area contributed by atoms with Crippen LogP contribution in [0.25, 0.3) is 0 Å². The van der Waals surface area contributed by atoms with Gasteiger partial charge in [-0.2, -0.15) is 0 Å². The first kappa shape index (κ1) is 39.6. The summed E-state index contributed by atoms with van der Waals surface area (Å²) in [5.41, 5.74) is 0. The van der Waals surface area contributed by atoms with Crippen LogP contribution in [0.4, 0.5) is 0 Å². The maximum absolute atomic E-state index is 10.00. The van der Waals surface area contributed by atoms with Gasteiger partial charge in [-0.1, -0.05) is 0 Å². The molecule has 0 aliphatic carbocycles. The average Bonchev–Trinajstić information content (AvgIpc) is 3.30. The standard InChI is InChI=1S/2C12H22O11/c13-1-4-6(16)8(18)9(19)11(21-4)23-12(3-15)10(20)7(17)5(2-14)22-12;13-1-3-5(15)7(17)9(19)11(21-3)23-12-10(20)8(18)6(16)4(2-14)22-12/h4-11,13-20H,1-3H2;3-20H,1-2H2/t4-,5-,6-,7-,8+,9-,10+,11-,12+;3-,4-,5-,6-,7+,8+,9-,10-,11-,12-/m11/s1. The number of aliphatic hydroxyl groups is 16. The molecular weight excluding hydrogens is 640 g/mol. The van der Waals surface area contributed by atoms with Crippen molar-refractivity contribution in [3.8, 4) is 0 Å². The summed E-state index contributed by atoms with van der Waals surface area (Å²) in [6.45, 7) is -3.66. The molecule has 4 saturated heterocycles. The molecule has 4 rings (SSSR count). The second-order valence-corrected chi connectivity index (χ2v) is 11.1. The van der Waals surface area contributed by atoms with Crippen LogP contribution < -0.4 is 0 Å². The Morgan fingerprint density at radius 2 is 0.761 bits per heavy atom. The molecule has 16 N–H and O–H groups in total. The third kappa shape index (κ3) is 7.95. The van der Waals surface area contributed by atoms with E-state index in [1.165, 1.54) is 0 Å². The highest BCUT2D eigenvalue weighted by Gasteiger charge is 2.58. The molecule has 0 unspecified atom stereocenters. The zero-order chi connectivity index (χ0) is 34.7. The molecule has 0 bridgehead atoms. The minimum atomic E-state index is -2.22. The van der Waals surface area contributed by atoms with Crippen molar-refractivity contribution in [3.63, 3.8) is 0 Å². The zero-order valence-corrected chi connectivity index (χ0v) is 24.0. The summed E-state index contributed by atoms with van der Waals surface area (Å²) >= 11 is 0. The van der Waals surface area contributed by atoms with Crippen molar-refractivity contribution < 1.29 is 110 Å². The number of ether oxygens (including phenoxy) is 6. The minimum absolute atomic E-state index is 0.667. The first-order valence-electron chi connectivity index (χ1n) is 14.1. The molecule has 4 aliphatic rings. The van der Waals surface area contributed by atoms with Crippen molar-refractivity contribution in [2.24, 2.45) is 0 Å². The molecule has 0 saturated carbocycles. The smallest absolute Gasteiger partial charge is 0.224 e. The Balaban J connectivity index is 0.000000250. The molecule has 0 spiro atoms. The summed E-state index contributed by atoms with van der Waals surface area (Å²) in [5.74, 6) is -2.22. The largest absolute Gasteiger partial charge is 0.394 e. The van der Waals surface area contributed by atoms with Gasteiger partial charge in [0.25, 0.3) is 0 Å². The van der Waals surface area contributed by atoms with Crippen LogP contribution in [-0.4, -0.2) is 231 Å². The molecule has 0 aromatic carbocycles. The lowest BCUT2D eigenvalue weighted by Crippen LogP contribution is -2.63. The van der Waals surface area contributed by atoms with E-state index in [2.05, 4.69) is 0 Å². The Morgan fingerprint density at radius 3 is 1.09 bits per heavy atom. The van der Waals surface area contributed by atoms with Crippen molar-refractivity contribution in [3.05, 3.63) is 0 Å². The van der Waals surface area contributed by atoms with Crippen LogP contribution in [0.5, 0.6) is 0 Å². The van der Waals surface area contributed by atoms with E-state index in [9.17, 15) is 61.3 Å². The van der Waals surface area contributed by atoms with E-state index in [0.717, 1.165) is 0 Å². The van der Waals surface area contributed by atoms with Crippen LogP contribution in [0.3, 0.4) is 0 Å². The van der Waals surface area contributed by atoms with Gasteiger partial charge in [0.2, 0.25) is 5.79 Å². The van der Waals surface area contributed by atoms with E-state index in [1.807, 2.05) is 0 Å². The summed E-state index contributed by atoms with van der Waals surface area (Å²) in [6.07, 6.45) is -28.2. The van der Waals surface area contributed by atoms with Gasteiger partial charge in [0.05, 0.1) is 26.4 Å². The number of aliphatic hydroxyl groups excluding tert-OH is 16. The Morgan fingerprint density at radius 1 is 0.413 bits per heavy atom. The van der Waals surface area contributed by atoms with Gasteiger partial charge < -0.3 is 110 Å². The minimum Gasteiger partial charge on any atom is -0.394 e. The van der Waals surface area contributed by atoms with Crippen molar-refractivity contribution >= 4 is 0 Å². The molecular formula is C24H44O22. The lowest BCUT2D eigenvalue weighted by atomic mass is 9.98. The third-order valence-electron chi connectivity index (χ3n) is 8.04. The van der Waals surface area contributed by atoms with Gasteiger partial charge in [0, 0.05) is 0 Å². The van der Waals surface area contributed by atoms with Crippen molar-refractivity contribution in [1.29, 1.82) is 0 Å². The van der Waals surface area contributed by atoms with Crippen LogP contribution in [0.2, 0.25) is 0 Å². The second-order valence-electron chi connectivity index (χ2n) is 11.1. The highest BCUT2D eigenvalue weighted by molar-refractivity contribution is 4.98. The summed E-state index contributed by atoms with van der Waals surface area (Å²) in [7, 11) is 0. The molecule has 4 aliphatic heterocycles. The van der Waals surface area contributed by atoms with E-state index < -0.39 is 149 Å². The van der Waals surface area contributed by atoms with Gasteiger partial charge in [-0.15, -0.1) is 0 Å². The summed E-state index contributed by atoms with van der Waals surface area (Å²) in [6, 6.07) is 0. The summed E-state index contributed by atoms with van der Waals surface area (Å²) in [4.78, 5) is 0. The normalized spacial score (nSPS) is 51.4. The second kappa shape index (κ2) is 16.7. The van der Waals surface area contributed by atoms with Crippen molar-refractivity contribution in [2.45, 2.75) is 116 Å². The average molecular weight is 685 g/mol. The number of hydrogen-bond acceptors (Lipinski definition) is 22. The van der Waals surface area contributed by atoms with E-state index >= 15 is 0 Å². The van der Waals surface area contributed by atoms with Gasteiger partial charge in [0.1, 0.15) is 98.2 Å². The monoisotopic (exact) mass is 684 g/mol. The van der Waals surface area contributed by atoms with E-state index in [-0.39, 0.29) is 0 Å². The molecule has 4 heterocycles. The van der Waals surface area contributed by atoms with Crippen molar-refractivity contribution in [2.75, 3.05) is 33.0 Å². The molecule has 4 fully saturated rings. The van der Waals surface area contributed by atoms with E-state index in [1.54, 1.807) is 0 Å². The molecule has 19 atom stereocenters. The fraction of sp³-hybridized carbons (Fsp3) is 1.00. The van der Waals surface area contributed by atoms with E-state index in [0.29, 0.717) is 0 Å². The molecule has 22 heteroatoms. The molecule has 0 radical (unpaired) electrons. The highest BCUT2D eigenvalue weighted by Crippen LogP contribution is 2.36. The van der Waals surface area contributed by atoms with Gasteiger partial charge in [-0.05, 0) is 0 Å². The maximum atomic E-state index is 10.00. The van der Waals surface area contributed by atoms with Crippen LogP contribution in [-0.2, 0) is 28.4 Å². The predicted octanol–water partition coefficient (Wildman–Crippen LogP) is -10.8. The third-order valence-corrected chi connectivity index (χ3v) is 8.04. The fourth-order valence-electron chi connectivity index (χ4n) is 5.12. The molecule has 0 amide bonds. The Bertz CT molecular complexity index is 876. The van der Waals surface area contributed by atoms with Gasteiger partial charge in [-0.3, -0.25) is 0 Å². The molecule has 46 heavy (non-hydrogen) atoms. The first-order chi connectivity index (χ1) is 21.6. The molecule has 22 nitrogen and oxygen atoms in total. The van der Waals surface area contributed by atoms with Gasteiger partial charge in [-0.25, -0.2) is 0 Å². The number of hydrogen-bond donors (Lipinski definition) is 16. The predicted molar refractivity (Wildman–Crippen MR) is 137 cm³/mol. The van der Waals surface area contributed by atoms with Crippen molar-refractivity contribution in [1.82, 2.24) is 0 Å². The Hall–Kier alpha value is -0.880. The van der Waals surface area contributed by atoms with E-state index in [4.69, 9.17) is 48.8 Å². The molecule has 0 aromatic rings. The lowest BCUT2D eigenvalue weighted by Gasteiger charge is -2.44. The van der Waals surface area contributed by atoms with Crippen LogP contribution in [0, 0.1) is 0 Å². The van der Waals surface area contributed by atoms with Crippen LogP contribution >= 0.6 is 0 Å². The fourth-order valence-corrected chi connectivity index (χ4v) is 5.12. The lowest BCUT2D eigenvalue weighted by molar-refractivity contribution is -0.383. The topological polar surface area (TPSA) is 379 Å². The van der Waals surface area contributed by atoms with Crippen LogP contribution in [0.1, 0.15) is 0 Å².